The quantitative estimate of drug-likeness (QED) is 0.901. The predicted molar refractivity (Wildman–Crippen MR) is 83.1 cm³/mol. The topological polar surface area (TPSA) is 36.1 Å². The number of aromatic amines is 1. The third-order valence-corrected chi connectivity index (χ3v) is 4.80. The van der Waals surface area contributed by atoms with Crippen LogP contribution < -0.4 is 5.56 Å². The minimum Gasteiger partial charge on any atom is -0.329 e. The Morgan fingerprint density at radius 1 is 1.42 bits per heavy atom. The highest BCUT2D eigenvalue weighted by Gasteiger charge is 2.20. The fourth-order valence-electron chi connectivity index (χ4n) is 2.62. The molecule has 0 amide bonds. The zero-order chi connectivity index (χ0) is 13.7. The monoisotopic (exact) mass is 280 g/mol. The van der Waals surface area contributed by atoms with Crippen molar-refractivity contribution in [3.8, 4) is 0 Å². The summed E-state index contributed by atoms with van der Waals surface area (Å²) in [6, 6.07) is 3.81. The van der Waals surface area contributed by atoms with E-state index in [0.717, 1.165) is 18.3 Å². The van der Waals surface area contributed by atoms with Crippen molar-refractivity contribution in [3.63, 3.8) is 0 Å². The molecule has 1 aromatic heterocycles. The normalized spacial score (nSPS) is 18.1. The summed E-state index contributed by atoms with van der Waals surface area (Å²) < 4.78 is 0. The van der Waals surface area contributed by atoms with Gasteiger partial charge in [-0.3, -0.25) is 4.79 Å². The number of nitrogens with zero attached hydrogens (tertiary/aromatic N) is 1. The second kappa shape index (κ2) is 7.15. The van der Waals surface area contributed by atoms with Crippen LogP contribution in [0.5, 0.6) is 0 Å². The molecule has 19 heavy (non-hydrogen) atoms. The van der Waals surface area contributed by atoms with Crippen molar-refractivity contribution in [2.24, 2.45) is 0 Å². The molecule has 0 spiro atoms. The largest absolute Gasteiger partial charge is 0.329 e. The number of piperidine rings is 1. The minimum atomic E-state index is 0.0215. The first-order valence-electron chi connectivity index (χ1n) is 7.18. The summed E-state index contributed by atoms with van der Waals surface area (Å²) in [7, 11) is 0. The van der Waals surface area contributed by atoms with Crippen molar-refractivity contribution in [2.45, 2.75) is 37.9 Å². The third-order valence-electron chi connectivity index (χ3n) is 3.72. The summed E-state index contributed by atoms with van der Waals surface area (Å²) in [5, 5.41) is 0.730. The van der Waals surface area contributed by atoms with Gasteiger partial charge in [0.15, 0.2) is 0 Å². The van der Waals surface area contributed by atoms with Crippen molar-refractivity contribution in [1.82, 2.24) is 9.88 Å². The Bertz CT molecular complexity index is 436. The minimum absolute atomic E-state index is 0.0215. The molecule has 3 nitrogen and oxygen atoms in total. The first-order valence-corrected chi connectivity index (χ1v) is 8.22. The van der Waals surface area contributed by atoms with Crippen molar-refractivity contribution in [2.75, 3.05) is 25.4 Å². The van der Waals surface area contributed by atoms with E-state index in [2.05, 4.69) is 29.8 Å². The molecule has 0 aliphatic carbocycles. The van der Waals surface area contributed by atoms with E-state index >= 15 is 0 Å². The van der Waals surface area contributed by atoms with Crippen LogP contribution in [0.15, 0.2) is 23.1 Å². The van der Waals surface area contributed by atoms with Gasteiger partial charge in [0.1, 0.15) is 0 Å². The fourth-order valence-corrected chi connectivity index (χ4v) is 3.46. The number of likely N-dealkylation sites (tertiary alicyclic amines) is 1. The Morgan fingerprint density at radius 2 is 2.16 bits per heavy atom. The summed E-state index contributed by atoms with van der Waals surface area (Å²) in [5.74, 6) is 1.80. The van der Waals surface area contributed by atoms with Gasteiger partial charge in [-0.25, -0.2) is 0 Å². The number of rotatable bonds is 5. The second-order valence-corrected chi connectivity index (χ2v) is 7.21. The number of nitrogens with one attached hydrogen (secondary N) is 1. The molecule has 0 bridgehead atoms. The summed E-state index contributed by atoms with van der Waals surface area (Å²) in [5.41, 5.74) is 1.23. The van der Waals surface area contributed by atoms with Gasteiger partial charge in [0.25, 0.3) is 0 Å². The highest BCUT2D eigenvalue weighted by molar-refractivity contribution is 7.99. The molecule has 2 heterocycles. The summed E-state index contributed by atoms with van der Waals surface area (Å²) in [6.07, 6.45) is 4.12. The van der Waals surface area contributed by atoms with Gasteiger partial charge in [0, 0.05) is 24.6 Å². The Morgan fingerprint density at radius 3 is 2.79 bits per heavy atom. The maximum Gasteiger partial charge on any atom is 0.248 e. The molecule has 4 heteroatoms. The maximum atomic E-state index is 11.3. The smallest absolute Gasteiger partial charge is 0.248 e. The molecule has 2 rings (SSSR count). The van der Waals surface area contributed by atoms with Crippen LogP contribution in [-0.2, 0) is 0 Å². The average Bonchev–Trinajstić information content (AvgIpc) is 2.39. The van der Waals surface area contributed by atoms with Crippen LogP contribution in [0.1, 0.15) is 38.2 Å². The molecule has 1 aliphatic heterocycles. The number of hydrogen-bond acceptors (Lipinski definition) is 3. The van der Waals surface area contributed by atoms with Crippen LogP contribution >= 0.6 is 11.8 Å². The number of pyridine rings is 1. The Labute approximate surface area is 119 Å². The van der Waals surface area contributed by atoms with Gasteiger partial charge in [0.2, 0.25) is 5.56 Å². The van der Waals surface area contributed by atoms with E-state index in [9.17, 15) is 4.79 Å². The summed E-state index contributed by atoms with van der Waals surface area (Å²) >= 11 is 2.04. The molecule has 1 aromatic rings. The maximum absolute atomic E-state index is 11.3. The van der Waals surface area contributed by atoms with Crippen molar-refractivity contribution >= 4 is 11.8 Å². The molecule has 1 saturated heterocycles. The van der Waals surface area contributed by atoms with Crippen molar-refractivity contribution in [3.05, 3.63) is 34.2 Å². The first kappa shape index (κ1) is 14.7. The standard InChI is InChI=1S/C15H24N2OS/c1-12(2)19-10-9-17-7-4-13(5-8-17)14-3-6-16-15(18)11-14/h3,6,11-13H,4-5,7-10H2,1-2H3,(H,16,18). The van der Waals surface area contributed by atoms with Gasteiger partial charge < -0.3 is 9.88 Å². The number of H-pyrrole nitrogens is 1. The number of thioether (sulfide) groups is 1. The third kappa shape index (κ3) is 4.69. The molecule has 0 atom stereocenters. The van der Waals surface area contributed by atoms with Gasteiger partial charge in [0.05, 0.1) is 0 Å². The van der Waals surface area contributed by atoms with E-state index in [1.807, 2.05) is 11.8 Å². The van der Waals surface area contributed by atoms with Crippen LogP contribution in [0.4, 0.5) is 0 Å². The molecular weight excluding hydrogens is 256 g/mol. The second-order valence-electron chi connectivity index (χ2n) is 5.52. The Hall–Kier alpha value is -0.740. The van der Waals surface area contributed by atoms with Gasteiger partial charge in [-0.1, -0.05) is 13.8 Å². The van der Waals surface area contributed by atoms with Gasteiger partial charge in [-0.15, -0.1) is 0 Å². The highest BCUT2D eigenvalue weighted by Crippen LogP contribution is 2.27. The van der Waals surface area contributed by atoms with E-state index in [-0.39, 0.29) is 5.56 Å². The van der Waals surface area contributed by atoms with Crippen LogP contribution in [0.2, 0.25) is 0 Å². The van der Waals surface area contributed by atoms with E-state index in [1.54, 1.807) is 12.3 Å². The molecule has 1 fully saturated rings. The fraction of sp³-hybridized carbons (Fsp3) is 0.667. The lowest BCUT2D eigenvalue weighted by Gasteiger charge is -2.32. The molecular formula is C15H24N2OS. The Balaban J connectivity index is 1.78. The van der Waals surface area contributed by atoms with Gasteiger partial charge in [-0.2, -0.15) is 11.8 Å². The molecule has 0 radical (unpaired) electrons. The molecule has 0 aromatic carbocycles. The Kier molecular flexibility index (Phi) is 5.52. The number of hydrogen-bond donors (Lipinski definition) is 1. The molecule has 0 saturated carbocycles. The van der Waals surface area contributed by atoms with Crippen molar-refractivity contribution in [1.29, 1.82) is 0 Å². The van der Waals surface area contributed by atoms with Crippen LogP contribution in [-0.4, -0.2) is 40.5 Å². The van der Waals surface area contributed by atoms with Crippen LogP contribution in [0.3, 0.4) is 0 Å². The van der Waals surface area contributed by atoms with Crippen molar-refractivity contribution < 1.29 is 0 Å². The van der Waals surface area contributed by atoms with Gasteiger partial charge in [-0.05, 0) is 48.7 Å². The SMILES string of the molecule is CC(C)SCCN1CCC(c2cc[nH]c(=O)c2)CC1. The molecule has 1 N–H and O–H groups in total. The van der Waals surface area contributed by atoms with E-state index in [4.69, 9.17) is 0 Å². The predicted octanol–water partition coefficient (Wildman–Crippen LogP) is 2.70. The highest BCUT2D eigenvalue weighted by atomic mass is 32.2. The lowest BCUT2D eigenvalue weighted by molar-refractivity contribution is 0.224. The molecule has 1 aliphatic rings. The summed E-state index contributed by atoms with van der Waals surface area (Å²) in [4.78, 5) is 16.6. The van der Waals surface area contributed by atoms with E-state index in [1.165, 1.54) is 30.7 Å². The van der Waals surface area contributed by atoms with Crippen LogP contribution in [0.25, 0.3) is 0 Å². The zero-order valence-electron chi connectivity index (χ0n) is 11.9. The lowest BCUT2D eigenvalue weighted by atomic mass is 9.90. The average molecular weight is 280 g/mol. The van der Waals surface area contributed by atoms with Gasteiger partial charge >= 0.3 is 0 Å². The number of aromatic nitrogens is 1. The first-order chi connectivity index (χ1) is 9.15. The zero-order valence-corrected chi connectivity index (χ0v) is 12.7. The molecule has 106 valence electrons. The lowest BCUT2D eigenvalue weighted by Crippen LogP contribution is -2.34. The van der Waals surface area contributed by atoms with E-state index in [0.29, 0.717) is 5.92 Å². The molecule has 0 unspecified atom stereocenters. The van der Waals surface area contributed by atoms with E-state index < -0.39 is 0 Å². The summed E-state index contributed by atoms with van der Waals surface area (Å²) in [6.45, 7) is 8.03. The van der Waals surface area contributed by atoms with Crippen LogP contribution in [0, 0.1) is 0 Å².